The monoisotopic (exact) mass is 1030 g/mol. The maximum atomic E-state index is 12.9. The van der Waals surface area contributed by atoms with E-state index in [4.69, 9.17) is 23.3 Å². The largest absolute Gasteiger partial charge is 0.472 e. The number of aliphatic hydroxyl groups excluding tert-OH is 1. The smallest absolute Gasteiger partial charge is 0.462 e. The Morgan fingerprint density at radius 3 is 1.19 bits per heavy atom. The molecule has 0 spiro atoms. The third-order valence-electron chi connectivity index (χ3n) is 11.8. The van der Waals surface area contributed by atoms with Gasteiger partial charge in [0.15, 0.2) is 6.10 Å². The average Bonchev–Trinajstić information content (AvgIpc) is 3.37. The molecule has 0 aliphatic rings. The molecule has 0 aliphatic carbocycles. The SMILES string of the molecule is CC/C=C\C/C=C\C/C=C\C/C=C\CCC(=O)OC(CO)COP(=O)(O)OCC(COC(=O)CCCCCCCCCCCCCCCCC)OC(=O)CCCCCCCCC/C=C\C/C=C\C/C=C\CC. The molecule has 0 aromatic heterocycles. The van der Waals surface area contributed by atoms with Crippen LogP contribution in [0.3, 0.4) is 0 Å². The van der Waals surface area contributed by atoms with Gasteiger partial charge < -0.3 is 24.2 Å². The van der Waals surface area contributed by atoms with Gasteiger partial charge in [0.05, 0.1) is 19.8 Å². The van der Waals surface area contributed by atoms with E-state index < -0.39 is 57.8 Å². The van der Waals surface area contributed by atoms with E-state index in [0.29, 0.717) is 19.3 Å². The van der Waals surface area contributed by atoms with Gasteiger partial charge >= 0.3 is 25.7 Å². The van der Waals surface area contributed by atoms with Crippen LogP contribution < -0.4 is 0 Å². The number of unbranched alkanes of at least 4 members (excludes halogenated alkanes) is 21. The molecule has 0 saturated carbocycles. The van der Waals surface area contributed by atoms with Crippen LogP contribution in [0.4, 0.5) is 0 Å². The van der Waals surface area contributed by atoms with E-state index in [9.17, 15) is 28.9 Å². The summed E-state index contributed by atoms with van der Waals surface area (Å²) >= 11 is 0. The molecule has 0 heterocycles. The predicted molar refractivity (Wildman–Crippen MR) is 298 cm³/mol. The summed E-state index contributed by atoms with van der Waals surface area (Å²) in [6, 6.07) is 0. The van der Waals surface area contributed by atoms with Crippen molar-refractivity contribution in [1.29, 1.82) is 0 Å². The van der Waals surface area contributed by atoms with Crippen molar-refractivity contribution in [2.75, 3.05) is 26.4 Å². The van der Waals surface area contributed by atoms with Crippen molar-refractivity contribution in [2.24, 2.45) is 0 Å². The molecule has 414 valence electrons. The van der Waals surface area contributed by atoms with E-state index in [1.165, 1.54) is 77.0 Å². The first-order chi connectivity index (χ1) is 35.2. The van der Waals surface area contributed by atoms with Gasteiger partial charge in [-0.25, -0.2) is 4.57 Å². The Morgan fingerprint density at radius 1 is 0.403 bits per heavy atom. The quantitative estimate of drug-likeness (QED) is 0.0197. The van der Waals surface area contributed by atoms with Crippen molar-refractivity contribution in [1.82, 2.24) is 0 Å². The molecule has 0 rings (SSSR count). The Bertz CT molecular complexity index is 1530. The van der Waals surface area contributed by atoms with Crippen LogP contribution in [0.2, 0.25) is 0 Å². The van der Waals surface area contributed by atoms with E-state index in [-0.39, 0.29) is 25.9 Å². The maximum Gasteiger partial charge on any atom is 0.472 e. The number of carbonyl (C=O) groups excluding carboxylic acids is 3. The molecule has 3 atom stereocenters. The molecule has 0 fully saturated rings. The number of aliphatic hydroxyl groups is 1. The second kappa shape index (κ2) is 53.9. The van der Waals surface area contributed by atoms with E-state index in [2.05, 4.69) is 93.7 Å². The lowest BCUT2D eigenvalue weighted by molar-refractivity contribution is -0.161. The second-order valence-electron chi connectivity index (χ2n) is 18.7. The highest BCUT2D eigenvalue weighted by Gasteiger charge is 2.28. The first-order valence-corrected chi connectivity index (χ1v) is 30.0. The van der Waals surface area contributed by atoms with E-state index in [1.54, 1.807) is 0 Å². The van der Waals surface area contributed by atoms with Crippen LogP contribution in [0, 0.1) is 0 Å². The highest BCUT2D eigenvalue weighted by atomic mass is 31.2. The van der Waals surface area contributed by atoms with Crippen LogP contribution in [0.5, 0.6) is 0 Å². The van der Waals surface area contributed by atoms with Gasteiger partial charge in [-0.15, -0.1) is 0 Å². The lowest BCUT2D eigenvalue weighted by Gasteiger charge is -2.21. The zero-order chi connectivity index (χ0) is 52.7. The van der Waals surface area contributed by atoms with Crippen LogP contribution >= 0.6 is 7.82 Å². The topological polar surface area (TPSA) is 155 Å². The first-order valence-electron chi connectivity index (χ1n) is 28.5. The number of esters is 3. The molecule has 2 N–H and O–H groups in total. The van der Waals surface area contributed by atoms with Crippen LogP contribution in [0.15, 0.2) is 85.1 Å². The molecule has 0 saturated heterocycles. The van der Waals surface area contributed by atoms with Crippen LogP contribution in [0.25, 0.3) is 0 Å². The molecule has 11 nitrogen and oxygen atoms in total. The highest BCUT2D eigenvalue weighted by Crippen LogP contribution is 2.43. The predicted octanol–water partition coefficient (Wildman–Crippen LogP) is 16.7. The van der Waals surface area contributed by atoms with Crippen molar-refractivity contribution >= 4 is 25.7 Å². The zero-order valence-corrected chi connectivity index (χ0v) is 46.5. The van der Waals surface area contributed by atoms with Crippen molar-refractivity contribution in [3.05, 3.63) is 85.1 Å². The third-order valence-corrected chi connectivity index (χ3v) is 12.8. The lowest BCUT2D eigenvalue weighted by atomic mass is 10.0. The Kier molecular flexibility index (Phi) is 51.4. The van der Waals surface area contributed by atoms with E-state index in [0.717, 1.165) is 103 Å². The number of phosphoric acid groups is 1. The Hall–Kier alpha value is -3.34. The van der Waals surface area contributed by atoms with E-state index in [1.807, 2.05) is 12.2 Å². The second-order valence-corrected chi connectivity index (χ2v) is 20.1. The summed E-state index contributed by atoms with van der Waals surface area (Å²) in [6.07, 6.45) is 61.3. The molecule has 0 bridgehead atoms. The summed E-state index contributed by atoms with van der Waals surface area (Å²) in [5.41, 5.74) is 0. The highest BCUT2D eigenvalue weighted by molar-refractivity contribution is 7.47. The van der Waals surface area contributed by atoms with Gasteiger partial charge in [-0.05, 0) is 77.0 Å². The minimum absolute atomic E-state index is 0.0535. The fourth-order valence-electron chi connectivity index (χ4n) is 7.56. The minimum Gasteiger partial charge on any atom is -0.462 e. The fraction of sp³-hybridized carbons (Fsp3) is 0.717. The molecule has 72 heavy (non-hydrogen) atoms. The Labute approximate surface area is 439 Å². The summed E-state index contributed by atoms with van der Waals surface area (Å²) in [4.78, 5) is 48.5. The molecule has 12 heteroatoms. The standard InChI is InChI=1S/C60H103O11P/c1-4-7-10-13-16-19-22-25-27-28-30-33-36-39-42-45-48-51-60(64)71-57(53-67-58(62)49-46-43-40-37-34-32-29-26-23-20-17-14-11-8-5-2)55-69-72(65,66)68-54-56(52-61)70-59(63)50-47-44-41-38-35-31-24-21-18-15-12-9-6-3/h7,9-10,12,16,18-19,21,25,27,31,35,41,44,56-57,61H,4-6,8,11,13-15,17,20,22-24,26,28-30,32-34,36-40,42-43,45-55H2,1-3H3,(H,65,66)/b10-7-,12-9-,19-16-,21-18-,27-25-,35-31-,44-41-. The number of carbonyl (C=O) groups is 3. The molecular formula is C60H103O11P. The molecule has 0 aromatic rings. The normalized spacial score (nSPS) is 14.0. The summed E-state index contributed by atoms with van der Waals surface area (Å²) < 4.78 is 39.4. The van der Waals surface area contributed by atoms with Gasteiger partial charge in [-0.2, -0.15) is 0 Å². The summed E-state index contributed by atoms with van der Waals surface area (Å²) in [7, 11) is -4.77. The number of ether oxygens (including phenoxy) is 3. The van der Waals surface area contributed by atoms with Gasteiger partial charge in [0.2, 0.25) is 0 Å². The first kappa shape index (κ1) is 68.7. The molecule has 0 aromatic carbocycles. The van der Waals surface area contributed by atoms with Gasteiger partial charge in [-0.1, -0.05) is 228 Å². The summed E-state index contributed by atoms with van der Waals surface area (Å²) in [5, 5.41) is 9.78. The number of rotatable bonds is 52. The van der Waals surface area contributed by atoms with E-state index >= 15 is 0 Å². The number of hydrogen-bond donors (Lipinski definition) is 2. The molecule has 0 aliphatic heterocycles. The van der Waals surface area contributed by atoms with Crippen LogP contribution in [-0.4, -0.2) is 66.5 Å². The van der Waals surface area contributed by atoms with Crippen LogP contribution in [-0.2, 0) is 42.2 Å². The summed E-state index contributed by atoms with van der Waals surface area (Å²) in [6.45, 7) is 4.33. The molecule has 0 radical (unpaired) electrons. The molecular weight excluding hydrogens is 928 g/mol. The minimum atomic E-state index is -4.77. The number of phosphoric ester groups is 1. The van der Waals surface area contributed by atoms with Crippen molar-refractivity contribution in [3.8, 4) is 0 Å². The van der Waals surface area contributed by atoms with Crippen molar-refractivity contribution in [2.45, 2.75) is 251 Å². The molecule has 3 unspecified atom stereocenters. The number of allylic oxidation sites excluding steroid dienone is 14. The maximum absolute atomic E-state index is 12.9. The number of hydrogen-bond acceptors (Lipinski definition) is 10. The van der Waals surface area contributed by atoms with Gasteiger partial charge in [0.25, 0.3) is 0 Å². The van der Waals surface area contributed by atoms with Gasteiger partial charge in [-0.3, -0.25) is 23.4 Å². The molecule has 0 amide bonds. The average molecular weight is 1030 g/mol. The lowest BCUT2D eigenvalue weighted by Crippen LogP contribution is -2.30. The van der Waals surface area contributed by atoms with Crippen LogP contribution in [0.1, 0.15) is 239 Å². The van der Waals surface area contributed by atoms with Crippen molar-refractivity contribution < 1.29 is 52.2 Å². The zero-order valence-electron chi connectivity index (χ0n) is 45.6. The van der Waals surface area contributed by atoms with Gasteiger partial charge in [0, 0.05) is 19.3 Å². The van der Waals surface area contributed by atoms with Crippen molar-refractivity contribution in [3.63, 3.8) is 0 Å². The Morgan fingerprint density at radius 2 is 0.750 bits per heavy atom. The van der Waals surface area contributed by atoms with Gasteiger partial charge in [0.1, 0.15) is 12.7 Å². The Balaban J connectivity index is 4.80. The summed E-state index contributed by atoms with van der Waals surface area (Å²) in [5.74, 6) is -1.56. The third kappa shape index (κ3) is 51.6. The fourth-order valence-corrected chi connectivity index (χ4v) is 8.34.